The standard InChI is InChI=1S/C19H26N2O4S/c1-26-16-9-7-15(8-10-16)21-13-14(12-17(21)22)19(25)20-11-5-3-2-4-6-18(23)24/h7-10,14H,2-6,11-13H2,1H3,(H,20,25)(H,23,24). The van der Waals surface area contributed by atoms with Gasteiger partial charge in [-0.2, -0.15) is 0 Å². The number of nitrogens with zero attached hydrogens (tertiary/aromatic N) is 1. The first-order chi connectivity index (χ1) is 12.5. The molecule has 1 aromatic rings. The van der Waals surface area contributed by atoms with E-state index in [1.807, 2.05) is 30.5 Å². The number of amides is 2. The number of carboxylic acid groups (broad SMARTS) is 1. The Bertz CT molecular complexity index is 633. The molecule has 6 nitrogen and oxygen atoms in total. The molecule has 142 valence electrons. The van der Waals surface area contributed by atoms with Gasteiger partial charge in [0.1, 0.15) is 0 Å². The molecule has 7 heteroatoms. The molecule has 1 aliphatic rings. The number of hydrogen-bond donors (Lipinski definition) is 2. The van der Waals surface area contributed by atoms with Crippen molar-refractivity contribution in [1.29, 1.82) is 0 Å². The van der Waals surface area contributed by atoms with Crippen LogP contribution >= 0.6 is 11.8 Å². The molecule has 0 radical (unpaired) electrons. The SMILES string of the molecule is CSc1ccc(N2CC(C(=O)NCCCCCCC(=O)O)CC2=O)cc1. The molecule has 1 heterocycles. The second-order valence-electron chi connectivity index (χ2n) is 6.45. The number of rotatable bonds is 10. The smallest absolute Gasteiger partial charge is 0.303 e. The molecule has 2 rings (SSSR count). The number of nitrogens with one attached hydrogen (secondary N) is 1. The van der Waals surface area contributed by atoms with Crippen LogP contribution in [0.5, 0.6) is 0 Å². The number of thioether (sulfide) groups is 1. The number of aliphatic carboxylic acids is 1. The minimum absolute atomic E-state index is 0.0178. The third kappa shape index (κ3) is 6.05. The van der Waals surface area contributed by atoms with Crippen molar-refractivity contribution >= 4 is 35.2 Å². The topological polar surface area (TPSA) is 86.7 Å². The molecule has 26 heavy (non-hydrogen) atoms. The average Bonchev–Trinajstić information content (AvgIpc) is 3.02. The summed E-state index contributed by atoms with van der Waals surface area (Å²) >= 11 is 1.65. The van der Waals surface area contributed by atoms with Gasteiger partial charge in [-0.1, -0.05) is 12.8 Å². The Morgan fingerprint density at radius 2 is 1.88 bits per heavy atom. The number of anilines is 1. The second kappa shape index (κ2) is 10.2. The van der Waals surface area contributed by atoms with E-state index in [4.69, 9.17) is 5.11 Å². The summed E-state index contributed by atoms with van der Waals surface area (Å²) in [6.45, 7) is 0.987. The maximum Gasteiger partial charge on any atom is 0.303 e. The van der Waals surface area contributed by atoms with Crippen molar-refractivity contribution < 1.29 is 19.5 Å². The van der Waals surface area contributed by atoms with Crippen LogP contribution in [0.25, 0.3) is 0 Å². The van der Waals surface area contributed by atoms with Gasteiger partial charge >= 0.3 is 5.97 Å². The summed E-state index contributed by atoms with van der Waals surface area (Å²) in [7, 11) is 0. The highest BCUT2D eigenvalue weighted by Gasteiger charge is 2.34. The highest BCUT2D eigenvalue weighted by molar-refractivity contribution is 7.98. The molecule has 0 bridgehead atoms. The Balaban J connectivity index is 1.71. The van der Waals surface area contributed by atoms with Gasteiger partial charge in [0.2, 0.25) is 11.8 Å². The summed E-state index contributed by atoms with van der Waals surface area (Å²) < 4.78 is 0. The normalized spacial score (nSPS) is 16.7. The highest BCUT2D eigenvalue weighted by atomic mass is 32.2. The Labute approximate surface area is 158 Å². The van der Waals surface area contributed by atoms with Gasteiger partial charge in [0.25, 0.3) is 0 Å². The van der Waals surface area contributed by atoms with Gasteiger partial charge in [-0.05, 0) is 43.4 Å². The van der Waals surface area contributed by atoms with Crippen LogP contribution < -0.4 is 10.2 Å². The summed E-state index contributed by atoms with van der Waals surface area (Å²) in [6, 6.07) is 7.79. The van der Waals surface area contributed by atoms with E-state index < -0.39 is 5.97 Å². The molecule has 1 atom stereocenters. The molecule has 0 aliphatic carbocycles. The lowest BCUT2D eigenvalue weighted by Crippen LogP contribution is -2.33. The lowest BCUT2D eigenvalue weighted by molar-refractivity contribution is -0.137. The first-order valence-corrected chi connectivity index (χ1v) is 10.2. The van der Waals surface area contributed by atoms with E-state index in [2.05, 4.69) is 5.32 Å². The fraction of sp³-hybridized carbons (Fsp3) is 0.526. The fourth-order valence-electron chi connectivity index (χ4n) is 3.01. The average molecular weight is 378 g/mol. The first-order valence-electron chi connectivity index (χ1n) is 8.95. The van der Waals surface area contributed by atoms with Crippen molar-refractivity contribution in [3.63, 3.8) is 0 Å². The van der Waals surface area contributed by atoms with Crippen LogP contribution in [0.2, 0.25) is 0 Å². The zero-order valence-corrected chi connectivity index (χ0v) is 15.9. The molecule has 1 fully saturated rings. The van der Waals surface area contributed by atoms with Gasteiger partial charge in [-0.15, -0.1) is 11.8 Å². The molecule has 0 spiro atoms. The second-order valence-corrected chi connectivity index (χ2v) is 7.33. The van der Waals surface area contributed by atoms with Crippen molar-refractivity contribution in [3.05, 3.63) is 24.3 Å². The third-order valence-corrected chi connectivity index (χ3v) is 5.24. The highest BCUT2D eigenvalue weighted by Crippen LogP contribution is 2.27. The molecule has 1 aromatic carbocycles. The van der Waals surface area contributed by atoms with E-state index in [9.17, 15) is 14.4 Å². The minimum atomic E-state index is -0.767. The fourth-order valence-corrected chi connectivity index (χ4v) is 3.41. The van der Waals surface area contributed by atoms with Crippen molar-refractivity contribution in [2.24, 2.45) is 5.92 Å². The van der Waals surface area contributed by atoms with Crippen molar-refractivity contribution in [3.8, 4) is 0 Å². The van der Waals surface area contributed by atoms with Crippen LogP contribution in [-0.2, 0) is 14.4 Å². The van der Waals surface area contributed by atoms with Crippen molar-refractivity contribution in [2.75, 3.05) is 24.2 Å². The molecule has 0 aromatic heterocycles. The van der Waals surface area contributed by atoms with Gasteiger partial charge in [0, 0.05) is 36.5 Å². The minimum Gasteiger partial charge on any atom is -0.481 e. The van der Waals surface area contributed by atoms with Crippen LogP contribution in [-0.4, -0.2) is 42.2 Å². The Morgan fingerprint density at radius 3 is 2.54 bits per heavy atom. The molecule has 2 amide bonds. The van der Waals surface area contributed by atoms with Crippen molar-refractivity contribution in [1.82, 2.24) is 5.32 Å². The largest absolute Gasteiger partial charge is 0.481 e. The molecule has 1 aliphatic heterocycles. The van der Waals surface area contributed by atoms with E-state index in [1.54, 1.807) is 16.7 Å². The van der Waals surface area contributed by atoms with Crippen molar-refractivity contribution in [2.45, 2.75) is 43.4 Å². The molecule has 0 saturated carbocycles. The summed E-state index contributed by atoms with van der Waals surface area (Å²) in [6.07, 6.45) is 5.69. The summed E-state index contributed by atoms with van der Waals surface area (Å²) in [4.78, 5) is 37.8. The Hall–Kier alpha value is -2.02. The molecule has 1 saturated heterocycles. The van der Waals surface area contributed by atoms with Crippen LogP contribution in [0.15, 0.2) is 29.2 Å². The van der Waals surface area contributed by atoms with Crippen LogP contribution in [0.3, 0.4) is 0 Å². The number of carboxylic acids is 1. The number of unbranched alkanes of at least 4 members (excludes halogenated alkanes) is 3. The van der Waals surface area contributed by atoms with Crippen LogP contribution in [0.1, 0.15) is 38.5 Å². The lowest BCUT2D eigenvalue weighted by atomic mass is 10.1. The van der Waals surface area contributed by atoms with Gasteiger partial charge in [0.05, 0.1) is 5.92 Å². The van der Waals surface area contributed by atoms with E-state index >= 15 is 0 Å². The molecule has 2 N–H and O–H groups in total. The lowest BCUT2D eigenvalue weighted by Gasteiger charge is -2.17. The van der Waals surface area contributed by atoms with Gasteiger partial charge in [0.15, 0.2) is 0 Å². The predicted molar refractivity (Wildman–Crippen MR) is 102 cm³/mol. The van der Waals surface area contributed by atoms with E-state index in [-0.39, 0.29) is 30.6 Å². The van der Waals surface area contributed by atoms with Gasteiger partial charge < -0.3 is 15.3 Å². The van der Waals surface area contributed by atoms with E-state index in [1.165, 1.54) is 0 Å². The Kier molecular flexibility index (Phi) is 7.97. The summed E-state index contributed by atoms with van der Waals surface area (Å²) in [5.41, 5.74) is 0.835. The number of carbonyl (C=O) groups is 3. The monoisotopic (exact) mass is 378 g/mol. The number of carbonyl (C=O) groups excluding carboxylic acids is 2. The van der Waals surface area contributed by atoms with Gasteiger partial charge in [-0.3, -0.25) is 14.4 Å². The first kappa shape index (κ1) is 20.3. The van der Waals surface area contributed by atoms with E-state index in [0.717, 1.165) is 29.8 Å². The molecular formula is C19H26N2O4S. The quantitative estimate of drug-likeness (QED) is 0.483. The molecular weight excluding hydrogens is 352 g/mol. The van der Waals surface area contributed by atoms with Gasteiger partial charge in [-0.25, -0.2) is 0 Å². The molecule has 1 unspecified atom stereocenters. The van der Waals surface area contributed by atoms with Crippen LogP contribution in [0, 0.1) is 5.92 Å². The zero-order chi connectivity index (χ0) is 18.9. The summed E-state index contributed by atoms with van der Waals surface area (Å²) in [5, 5.41) is 11.5. The Morgan fingerprint density at radius 1 is 1.19 bits per heavy atom. The van der Waals surface area contributed by atoms with Crippen LogP contribution in [0.4, 0.5) is 5.69 Å². The summed E-state index contributed by atoms with van der Waals surface area (Å²) in [5.74, 6) is -1.17. The third-order valence-electron chi connectivity index (χ3n) is 4.50. The number of hydrogen-bond acceptors (Lipinski definition) is 4. The number of benzene rings is 1. The predicted octanol–water partition coefficient (Wildman–Crippen LogP) is 2.91. The maximum atomic E-state index is 12.3. The van der Waals surface area contributed by atoms with E-state index in [0.29, 0.717) is 19.5 Å². The zero-order valence-electron chi connectivity index (χ0n) is 15.1. The maximum absolute atomic E-state index is 12.3.